The zero-order valence-electron chi connectivity index (χ0n) is 14.8. The predicted molar refractivity (Wildman–Crippen MR) is 93.7 cm³/mol. The summed E-state index contributed by atoms with van der Waals surface area (Å²) in [7, 11) is 1.37. The van der Waals surface area contributed by atoms with Crippen molar-refractivity contribution in [1.29, 1.82) is 0 Å². The lowest BCUT2D eigenvalue weighted by Crippen LogP contribution is -2.15. The highest BCUT2D eigenvalue weighted by Crippen LogP contribution is 2.39. The summed E-state index contributed by atoms with van der Waals surface area (Å²) < 4.78 is 60.5. The number of ether oxygens (including phenoxy) is 3. The van der Waals surface area contributed by atoms with Crippen LogP contribution in [0.15, 0.2) is 51.7 Å². The molecule has 0 spiro atoms. The van der Waals surface area contributed by atoms with Crippen LogP contribution in [-0.2, 0) is 11.0 Å². The Morgan fingerprint density at radius 1 is 1.10 bits per heavy atom. The number of rotatable bonds is 6. The Hall–Kier alpha value is -3.69. The molecule has 0 aliphatic carbocycles. The number of hydrogen-bond acceptors (Lipinski definition) is 6. The van der Waals surface area contributed by atoms with Gasteiger partial charge >= 0.3 is 12.1 Å². The minimum absolute atomic E-state index is 0.0529. The van der Waals surface area contributed by atoms with Gasteiger partial charge in [0.15, 0.2) is 6.61 Å². The summed E-state index contributed by atoms with van der Waals surface area (Å²) in [6, 6.07) is 9.11. The van der Waals surface area contributed by atoms with E-state index in [4.69, 9.17) is 23.7 Å². The van der Waals surface area contributed by atoms with Gasteiger partial charge in [-0.3, -0.25) is 4.79 Å². The fourth-order valence-electron chi connectivity index (χ4n) is 2.45. The highest BCUT2D eigenvalue weighted by molar-refractivity contribution is 5.80. The van der Waals surface area contributed by atoms with Gasteiger partial charge in [0.05, 0.1) is 12.5 Å². The third-order valence-electron chi connectivity index (χ3n) is 3.70. The maximum atomic E-state index is 13.5. The summed E-state index contributed by atoms with van der Waals surface area (Å²) >= 11 is 0. The van der Waals surface area contributed by atoms with Crippen LogP contribution in [0.1, 0.15) is 5.76 Å². The minimum atomic E-state index is -5.03. The first-order valence-electron chi connectivity index (χ1n) is 8.03. The van der Waals surface area contributed by atoms with Crippen molar-refractivity contribution in [2.75, 3.05) is 13.7 Å². The van der Waals surface area contributed by atoms with Gasteiger partial charge in [-0.25, -0.2) is 4.79 Å². The molecule has 0 fully saturated rings. The van der Waals surface area contributed by atoms with Gasteiger partial charge in [0.25, 0.3) is 5.76 Å². The summed E-state index contributed by atoms with van der Waals surface area (Å²) in [4.78, 5) is 23.2. The number of alkyl halides is 3. The lowest BCUT2D eigenvalue weighted by molar-refractivity contribution is -0.154. The fourth-order valence-corrected chi connectivity index (χ4v) is 2.45. The van der Waals surface area contributed by atoms with Crippen molar-refractivity contribution >= 4 is 16.9 Å². The topological polar surface area (TPSA) is 95.2 Å². The first-order chi connectivity index (χ1) is 13.7. The van der Waals surface area contributed by atoms with Gasteiger partial charge in [0, 0.05) is 12.1 Å². The highest BCUT2D eigenvalue weighted by atomic mass is 19.4. The predicted octanol–water partition coefficient (Wildman–Crippen LogP) is 4.08. The molecule has 152 valence electrons. The number of carboxylic acids is 1. The number of carbonyl (C=O) groups is 1. The van der Waals surface area contributed by atoms with Crippen LogP contribution in [0.4, 0.5) is 13.2 Å². The second-order valence-corrected chi connectivity index (χ2v) is 5.71. The Morgan fingerprint density at radius 2 is 1.83 bits per heavy atom. The first kappa shape index (κ1) is 20.1. The molecule has 10 heteroatoms. The molecule has 3 rings (SSSR count). The van der Waals surface area contributed by atoms with Gasteiger partial charge in [-0.15, -0.1) is 0 Å². The lowest BCUT2D eigenvalue weighted by Gasteiger charge is -2.14. The van der Waals surface area contributed by atoms with Crippen molar-refractivity contribution in [2.45, 2.75) is 6.18 Å². The molecular weight excluding hydrogens is 397 g/mol. The molecule has 1 N–H and O–H groups in total. The van der Waals surface area contributed by atoms with Crippen LogP contribution in [0.2, 0.25) is 0 Å². The lowest BCUT2D eigenvalue weighted by atomic mass is 10.2. The molecule has 0 unspecified atom stereocenters. The average Bonchev–Trinajstić information content (AvgIpc) is 2.67. The monoisotopic (exact) mass is 410 g/mol. The maximum Gasteiger partial charge on any atom is 0.453 e. The van der Waals surface area contributed by atoms with E-state index in [9.17, 15) is 22.8 Å². The normalized spacial score (nSPS) is 11.3. The van der Waals surface area contributed by atoms with Gasteiger partial charge in [0.1, 0.15) is 22.8 Å². The molecule has 0 amide bonds. The molecule has 29 heavy (non-hydrogen) atoms. The van der Waals surface area contributed by atoms with E-state index in [2.05, 4.69) is 0 Å². The van der Waals surface area contributed by atoms with E-state index in [1.54, 1.807) is 6.07 Å². The summed E-state index contributed by atoms with van der Waals surface area (Å²) in [5.41, 5.74) is -1.48. The Kier molecular flexibility index (Phi) is 5.35. The van der Waals surface area contributed by atoms with Crippen LogP contribution in [0, 0.1) is 0 Å². The minimum Gasteiger partial charge on any atom is -0.497 e. The van der Waals surface area contributed by atoms with Crippen LogP contribution < -0.4 is 19.6 Å². The van der Waals surface area contributed by atoms with Gasteiger partial charge in [0.2, 0.25) is 11.2 Å². The first-order valence-corrected chi connectivity index (χ1v) is 8.03. The standard InChI is InChI=1S/C19H13F3O7/c1-26-10-3-2-4-12(7-10)28-17-16(25)13-6-5-11(27-9-15(23)24)8-14(13)29-18(17)19(20,21)22/h2-8H,9H2,1H3,(H,23,24). The number of carboxylic acid groups (broad SMARTS) is 1. The highest BCUT2D eigenvalue weighted by Gasteiger charge is 2.40. The van der Waals surface area contributed by atoms with E-state index in [1.165, 1.54) is 31.4 Å². The molecular formula is C19H13F3O7. The van der Waals surface area contributed by atoms with E-state index in [-0.39, 0.29) is 16.9 Å². The number of halogens is 3. The third kappa shape index (κ3) is 4.42. The Balaban J connectivity index is 2.12. The average molecular weight is 410 g/mol. The second kappa shape index (κ2) is 7.74. The van der Waals surface area contributed by atoms with Crippen molar-refractivity contribution in [3.8, 4) is 23.0 Å². The SMILES string of the molecule is COc1cccc(Oc2c(C(F)(F)F)oc3cc(OCC(=O)O)ccc3c2=O)c1. The molecule has 1 heterocycles. The number of benzene rings is 2. The summed E-state index contributed by atoms with van der Waals surface area (Å²) in [6.07, 6.45) is -5.03. The van der Waals surface area contributed by atoms with Gasteiger partial charge < -0.3 is 23.7 Å². The summed E-state index contributed by atoms with van der Waals surface area (Å²) in [6.45, 7) is -0.709. The number of fused-ring (bicyclic) bond motifs is 1. The van der Waals surface area contributed by atoms with Crippen molar-refractivity contribution in [3.05, 3.63) is 58.4 Å². The molecule has 0 bridgehead atoms. The number of hydrogen-bond donors (Lipinski definition) is 1. The van der Waals surface area contributed by atoms with Gasteiger partial charge in [-0.1, -0.05) is 6.07 Å². The largest absolute Gasteiger partial charge is 0.497 e. The number of aliphatic carboxylic acids is 1. The Morgan fingerprint density at radius 3 is 2.48 bits per heavy atom. The molecule has 0 saturated heterocycles. The maximum absolute atomic E-state index is 13.5. The smallest absolute Gasteiger partial charge is 0.453 e. The van der Waals surface area contributed by atoms with E-state index in [0.717, 1.165) is 12.1 Å². The summed E-state index contributed by atoms with van der Waals surface area (Å²) in [5.74, 6) is -3.74. The quantitative estimate of drug-likeness (QED) is 0.654. The molecule has 0 radical (unpaired) electrons. The van der Waals surface area contributed by atoms with Crippen LogP contribution in [0.3, 0.4) is 0 Å². The van der Waals surface area contributed by atoms with Crippen LogP contribution in [0.25, 0.3) is 11.0 Å². The molecule has 7 nitrogen and oxygen atoms in total. The van der Waals surface area contributed by atoms with Crippen LogP contribution in [-0.4, -0.2) is 24.8 Å². The van der Waals surface area contributed by atoms with E-state index in [1.807, 2.05) is 0 Å². The van der Waals surface area contributed by atoms with Crippen LogP contribution >= 0.6 is 0 Å². The fraction of sp³-hybridized carbons (Fsp3) is 0.158. The van der Waals surface area contributed by atoms with Gasteiger partial charge in [-0.2, -0.15) is 13.2 Å². The van der Waals surface area contributed by atoms with Gasteiger partial charge in [-0.05, 0) is 24.3 Å². The Bertz CT molecular complexity index is 1120. The number of methoxy groups -OCH3 is 1. The summed E-state index contributed by atoms with van der Waals surface area (Å²) in [5, 5.41) is 8.43. The van der Waals surface area contributed by atoms with E-state index in [0.29, 0.717) is 5.75 Å². The molecule has 0 saturated carbocycles. The molecule has 0 aliphatic heterocycles. The van der Waals surface area contributed by atoms with Crippen LogP contribution in [0.5, 0.6) is 23.0 Å². The van der Waals surface area contributed by atoms with Crippen molar-refractivity contribution < 1.29 is 41.7 Å². The second-order valence-electron chi connectivity index (χ2n) is 5.71. The molecule has 1 aromatic heterocycles. The zero-order valence-corrected chi connectivity index (χ0v) is 14.8. The molecule has 0 aliphatic rings. The molecule has 0 atom stereocenters. The van der Waals surface area contributed by atoms with Crippen molar-refractivity contribution in [3.63, 3.8) is 0 Å². The molecule has 2 aromatic carbocycles. The van der Waals surface area contributed by atoms with Crippen molar-refractivity contribution in [1.82, 2.24) is 0 Å². The Labute approximate surface area is 160 Å². The van der Waals surface area contributed by atoms with E-state index >= 15 is 0 Å². The van der Waals surface area contributed by atoms with E-state index < -0.39 is 41.3 Å². The zero-order chi connectivity index (χ0) is 21.2. The third-order valence-corrected chi connectivity index (χ3v) is 3.70. The molecule has 3 aromatic rings. The van der Waals surface area contributed by atoms with Crippen molar-refractivity contribution in [2.24, 2.45) is 0 Å².